The smallest absolute Gasteiger partial charge is 0.0865 e. The first-order valence-electron chi connectivity index (χ1n) is 8.07. The molecule has 0 aliphatic heterocycles. The SMILES string of the molecule is C[Si](C)(c1ccccc1)[C@H]1CC(c2ccccc2)=CC[C@@H]1O. The van der Waals surface area contributed by atoms with Gasteiger partial charge in [0.2, 0.25) is 0 Å². The molecule has 1 N–H and O–H groups in total. The maximum Gasteiger partial charge on any atom is 0.0865 e. The lowest BCUT2D eigenvalue weighted by molar-refractivity contribution is 0.163. The fourth-order valence-corrected chi connectivity index (χ4v) is 6.90. The highest BCUT2D eigenvalue weighted by Gasteiger charge is 2.39. The Morgan fingerprint density at radius 1 is 0.909 bits per heavy atom. The van der Waals surface area contributed by atoms with Gasteiger partial charge in [-0.15, -0.1) is 0 Å². The van der Waals surface area contributed by atoms with Gasteiger partial charge in [-0.2, -0.15) is 0 Å². The Bertz CT molecular complexity index is 646. The van der Waals surface area contributed by atoms with Crippen molar-refractivity contribution in [2.75, 3.05) is 0 Å². The molecule has 0 fully saturated rings. The van der Waals surface area contributed by atoms with Crippen LogP contribution in [0.1, 0.15) is 18.4 Å². The molecule has 0 unspecified atom stereocenters. The molecular weight excluding hydrogens is 284 g/mol. The Hall–Kier alpha value is -1.64. The van der Waals surface area contributed by atoms with E-state index in [1.165, 1.54) is 16.3 Å². The molecule has 0 radical (unpaired) electrons. The van der Waals surface area contributed by atoms with E-state index in [0.29, 0.717) is 5.54 Å². The van der Waals surface area contributed by atoms with Crippen molar-refractivity contribution in [2.45, 2.75) is 37.6 Å². The molecule has 114 valence electrons. The highest BCUT2D eigenvalue weighted by atomic mass is 28.3. The normalized spacial score (nSPS) is 22.2. The highest BCUT2D eigenvalue weighted by molar-refractivity contribution is 6.91. The van der Waals surface area contributed by atoms with Crippen LogP contribution in [-0.2, 0) is 0 Å². The summed E-state index contributed by atoms with van der Waals surface area (Å²) in [6.45, 7) is 4.79. The summed E-state index contributed by atoms with van der Waals surface area (Å²) in [4.78, 5) is 0. The summed E-state index contributed by atoms with van der Waals surface area (Å²) in [5, 5.41) is 12.1. The molecule has 1 aliphatic rings. The molecule has 2 atom stereocenters. The Balaban J connectivity index is 1.90. The molecule has 0 saturated carbocycles. The van der Waals surface area contributed by atoms with Crippen molar-refractivity contribution in [3.05, 3.63) is 72.3 Å². The van der Waals surface area contributed by atoms with Crippen molar-refractivity contribution in [1.29, 1.82) is 0 Å². The van der Waals surface area contributed by atoms with Gasteiger partial charge >= 0.3 is 0 Å². The van der Waals surface area contributed by atoms with Crippen molar-refractivity contribution < 1.29 is 5.11 Å². The Morgan fingerprint density at radius 2 is 1.50 bits per heavy atom. The molecule has 2 aromatic rings. The third-order valence-electron chi connectivity index (χ3n) is 5.10. The minimum Gasteiger partial charge on any atom is -0.393 e. The average molecular weight is 308 g/mol. The molecule has 2 aromatic carbocycles. The Labute approximate surface area is 134 Å². The van der Waals surface area contributed by atoms with E-state index in [9.17, 15) is 5.11 Å². The minimum atomic E-state index is -1.71. The average Bonchev–Trinajstić information content (AvgIpc) is 2.57. The van der Waals surface area contributed by atoms with E-state index in [-0.39, 0.29) is 6.10 Å². The van der Waals surface area contributed by atoms with Crippen LogP contribution in [-0.4, -0.2) is 19.3 Å². The molecule has 22 heavy (non-hydrogen) atoms. The molecule has 1 nitrogen and oxygen atoms in total. The molecular formula is C20H24OSi. The lowest BCUT2D eigenvalue weighted by atomic mass is 9.91. The third-order valence-corrected chi connectivity index (χ3v) is 9.36. The van der Waals surface area contributed by atoms with Gasteiger partial charge in [0.05, 0.1) is 14.2 Å². The van der Waals surface area contributed by atoms with Crippen molar-refractivity contribution in [3.63, 3.8) is 0 Å². The monoisotopic (exact) mass is 308 g/mol. The molecule has 1 aliphatic carbocycles. The van der Waals surface area contributed by atoms with E-state index in [2.05, 4.69) is 79.8 Å². The number of benzene rings is 2. The second-order valence-corrected chi connectivity index (χ2v) is 11.6. The van der Waals surface area contributed by atoms with Gasteiger partial charge in [-0.25, -0.2) is 0 Å². The Morgan fingerprint density at radius 3 is 2.14 bits per heavy atom. The van der Waals surface area contributed by atoms with E-state index >= 15 is 0 Å². The van der Waals surface area contributed by atoms with Crippen LogP contribution >= 0.6 is 0 Å². The predicted octanol–water partition coefficient (Wildman–Crippen LogP) is 4.21. The lowest BCUT2D eigenvalue weighted by Gasteiger charge is -2.39. The molecule has 0 spiro atoms. The third kappa shape index (κ3) is 2.94. The lowest BCUT2D eigenvalue weighted by Crippen LogP contribution is -2.50. The van der Waals surface area contributed by atoms with E-state index in [1.807, 2.05) is 0 Å². The summed E-state index contributed by atoms with van der Waals surface area (Å²) in [7, 11) is -1.71. The molecule has 0 heterocycles. The summed E-state index contributed by atoms with van der Waals surface area (Å²) >= 11 is 0. The van der Waals surface area contributed by atoms with Crippen molar-refractivity contribution in [3.8, 4) is 0 Å². The van der Waals surface area contributed by atoms with Gasteiger partial charge in [-0.05, 0) is 29.5 Å². The standard InChI is InChI=1S/C20H24OSi/c1-22(2,18-11-7-4-8-12-18)20-15-17(13-14-19(20)21)16-9-5-3-6-10-16/h3-13,19-21H,14-15H2,1-2H3/t19-,20-/m0/s1. The molecule has 0 saturated heterocycles. The zero-order valence-corrected chi connectivity index (χ0v) is 14.4. The van der Waals surface area contributed by atoms with Gasteiger partial charge in [-0.3, -0.25) is 0 Å². The fraction of sp³-hybridized carbons (Fsp3) is 0.300. The van der Waals surface area contributed by atoms with Gasteiger partial charge in [0, 0.05) is 0 Å². The van der Waals surface area contributed by atoms with Gasteiger partial charge < -0.3 is 5.11 Å². The van der Waals surface area contributed by atoms with Gasteiger partial charge in [0.25, 0.3) is 0 Å². The van der Waals surface area contributed by atoms with Crippen molar-refractivity contribution >= 4 is 18.8 Å². The number of aliphatic hydroxyl groups excluding tert-OH is 1. The largest absolute Gasteiger partial charge is 0.393 e. The topological polar surface area (TPSA) is 20.2 Å². The van der Waals surface area contributed by atoms with Crippen LogP contribution in [0.4, 0.5) is 0 Å². The van der Waals surface area contributed by atoms with Crippen LogP contribution in [0.5, 0.6) is 0 Å². The van der Waals surface area contributed by atoms with Crippen molar-refractivity contribution in [1.82, 2.24) is 0 Å². The van der Waals surface area contributed by atoms with Gasteiger partial charge in [0.15, 0.2) is 0 Å². The van der Waals surface area contributed by atoms with Gasteiger partial charge in [0.1, 0.15) is 0 Å². The number of hydrogen-bond donors (Lipinski definition) is 1. The predicted molar refractivity (Wildman–Crippen MR) is 97.0 cm³/mol. The van der Waals surface area contributed by atoms with Crippen LogP contribution in [0.2, 0.25) is 18.6 Å². The first kappa shape index (κ1) is 15.3. The summed E-state index contributed by atoms with van der Waals surface area (Å²) in [5.74, 6) is 0. The first-order valence-corrected chi connectivity index (χ1v) is 11.1. The van der Waals surface area contributed by atoms with E-state index in [4.69, 9.17) is 0 Å². The maximum absolute atomic E-state index is 10.6. The number of hydrogen-bond acceptors (Lipinski definition) is 1. The number of rotatable bonds is 3. The van der Waals surface area contributed by atoms with Crippen LogP contribution in [0.25, 0.3) is 5.57 Å². The molecule has 3 rings (SSSR count). The summed E-state index contributed by atoms with van der Waals surface area (Å²) in [5.41, 5.74) is 3.07. The van der Waals surface area contributed by atoms with E-state index < -0.39 is 8.07 Å². The van der Waals surface area contributed by atoms with E-state index in [0.717, 1.165) is 12.8 Å². The van der Waals surface area contributed by atoms with Crippen LogP contribution < -0.4 is 5.19 Å². The number of aliphatic hydroxyl groups is 1. The van der Waals surface area contributed by atoms with Crippen LogP contribution in [0.3, 0.4) is 0 Å². The quantitative estimate of drug-likeness (QED) is 0.842. The van der Waals surface area contributed by atoms with Crippen molar-refractivity contribution in [2.24, 2.45) is 0 Å². The van der Waals surface area contributed by atoms with E-state index in [1.54, 1.807) is 0 Å². The zero-order valence-electron chi connectivity index (χ0n) is 13.4. The zero-order chi connectivity index (χ0) is 15.6. The van der Waals surface area contributed by atoms with Crippen LogP contribution in [0.15, 0.2) is 66.7 Å². The maximum atomic E-state index is 10.6. The summed E-state index contributed by atoms with van der Waals surface area (Å²) in [6, 6.07) is 21.4. The summed E-state index contributed by atoms with van der Waals surface area (Å²) < 4.78 is 0. The fourth-order valence-electron chi connectivity index (χ4n) is 3.59. The molecule has 2 heteroatoms. The molecule has 0 aromatic heterocycles. The second-order valence-electron chi connectivity index (χ2n) is 6.80. The minimum absolute atomic E-state index is 0.214. The Kier molecular flexibility index (Phi) is 4.32. The molecule has 0 bridgehead atoms. The highest BCUT2D eigenvalue weighted by Crippen LogP contribution is 2.40. The first-order chi connectivity index (χ1) is 10.6. The second kappa shape index (κ2) is 6.23. The summed E-state index contributed by atoms with van der Waals surface area (Å²) in [6.07, 6.45) is 3.78. The molecule has 0 amide bonds. The van der Waals surface area contributed by atoms with Gasteiger partial charge in [-0.1, -0.05) is 85.0 Å². The van der Waals surface area contributed by atoms with Crippen LogP contribution in [0, 0.1) is 0 Å². The number of allylic oxidation sites excluding steroid dienone is 1.